The molecule has 0 saturated carbocycles. The lowest BCUT2D eigenvalue weighted by atomic mass is 9.80. The topological polar surface area (TPSA) is 103 Å². The first-order chi connectivity index (χ1) is 23.9. The Morgan fingerprint density at radius 2 is 1.00 bits per heavy atom. The van der Waals surface area contributed by atoms with Gasteiger partial charge in [0.2, 0.25) is 0 Å². The van der Waals surface area contributed by atoms with Crippen molar-refractivity contribution in [3.05, 3.63) is 112 Å². The zero-order chi connectivity index (χ0) is 36.4. The number of rotatable bonds is 8. The third-order valence-corrected chi connectivity index (χ3v) is 7.79. The average Bonchev–Trinajstić information content (AvgIpc) is 3.08. The van der Waals surface area contributed by atoms with E-state index in [1.54, 1.807) is 50.6 Å². The van der Waals surface area contributed by atoms with E-state index in [1.165, 1.54) is 0 Å². The highest BCUT2D eigenvalue weighted by Gasteiger charge is 2.11. The zero-order valence-corrected chi connectivity index (χ0v) is 30.8. The molecule has 0 aliphatic heterocycles. The number of ether oxygens (including phenoxy) is 4. The van der Waals surface area contributed by atoms with E-state index in [1.807, 2.05) is 88.4 Å². The van der Waals surface area contributed by atoms with Crippen molar-refractivity contribution in [2.24, 2.45) is 0 Å². The largest absolute Gasteiger partial charge is 0.497 e. The molecule has 4 aromatic carbocycles. The van der Waals surface area contributed by atoms with Gasteiger partial charge in [0.25, 0.3) is 0 Å². The highest BCUT2D eigenvalue weighted by Crippen LogP contribution is 2.31. The van der Waals surface area contributed by atoms with Gasteiger partial charge in [-0.2, -0.15) is 0 Å². The lowest BCUT2D eigenvalue weighted by Gasteiger charge is -2.11. The maximum absolute atomic E-state index is 8.81. The number of benzene rings is 4. The summed E-state index contributed by atoms with van der Waals surface area (Å²) in [5, 5.41) is 21.1. The molecule has 0 spiro atoms. The van der Waals surface area contributed by atoms with Crippen LogP contribution in [0.2, 0.25) is 15.2 Å². The molecule has 0 aliphatic carbocycles. The number of methoxy groups -OCH3 is 2. The number of halogens is 3. The Balaban J connectivity index is 0.000000180. The fourth-order valence-electron chi connectivity index (χ4n) is 4.67. The molecule has 6 aromatic rings. The van der Waals surface area contributed by atoms with Gasteiger partial charge in [-0.15, -0.1) is 0 Å². The Labute approximate surface area is 307 Å². The second-order valence-corrected chi connectivity index (χ2v) is 12.7. The number of fused-ring (bicyclic) bond motifs is 2. The molecule has 0 atom stereocenters. The fraction of sp³-hybridized carbons (Fsp3) is 0.211. The smallest absolute Gasteiger partial charge is 0.488 e. The summed E-state index contributed by atoms with van der Waals surface area (Å²) >= 11 is 18.2. The van der Waals surface area contributed by atoms with E-state index in [9.17, 15) is 0 Å². The molecule has 0 radical (unpaired) electrons. The van der Waals surface area contributed by atoms with Crippen LogP contribution in [0.1, 0.15) is 27.7 Å². The number of hydrogen-bond donors (Lipinski definition) is 2. The molecular formula is C38H38BCl3N2O6. The summed E-state index contributed by atoms with van der Waals surface area (Å²) in [6.45, 7) is 7.89. The van der Waals surface area contributed by atoms with E-state index in [-0.39, 0.29) is 12.2 Å². The van der Waals surface area contributed by atoms with Crippen molar-refractivity contribution < 1.29 is 29.0 Å². The van der Waals surface area contributed by atoms with Gasteiger partial charge in [-0.05, 0) is 106 Å². The van der Waals surface area contributed by atoms with Crippen LogP contribution >= 0.6 is 34.8 Å². The zero-order valence-electron chi connectivity index (χ0n) is 28.5. The Hall–Kier alpha value is -4.25. The molecule has 260 valence electrons. The standard InChI is InChI=1S/C19H18ClNO2.C10H7Cl2NO.C9H13BO3/c1-12(2)23-14-6-4-13(5-7-14)18-11-17(20)16-9-8-15(22-3)10-19(16)21-18;1-14-6-2-3-7-8(11)5-10(12)13-9(7)4-6;1-7(2)13-9-5-3-8(4-6-9)10(11)12/h4-12H,1-3H3;2-5H,1H3;3-7,11-12H,1-2H3. The molecule has 50 heavy (non-hydrogen) atoms. The Kier molecular flexibility index (Phi) is 14.0. The summed E-state index contributed by atoms with van der Waals surface area (Å²) in [5.41, 5.74) is 3.84. The Morgan fingerprint density at radius 3 is 1.46 bits per heavy atom. The molecule has 0 bridgehead atoms. The van der Waals surface area contributed by atoms with Crippen molar-refractivity contribution in [3.8, 4) is 34.3 Å². The van der Waals surface area contributed by atoms with Gasteiger partial charge in [0.1, 0.15) is 28.2 Å². The average molecular weight is 736 g/mol. The first-order valence-corrected chi connectivity index (χ1v) is 16.8. The SMILES string of the molecule is CC(C)Oc1ccc(B(O)O)cc1.COc1ccc2c(Cl)cc(-c3ccc(OC(C)C)cc3)nc2c1.COc1ccc2c(Cl)cc(Cl)nc2c1. The maximum atomic E-state index is 8.81. The Bertz CT molecular complexity index is 2010. The van der Waals surface area contributed by atoms with Gasteiger partial charge in [0, 0.05) is 28.5 Å². The van der Waals surface area contributed by atoms with Gasteiger partial charge >= 0.3 is 7.12 Å². The number of aromatic nitrogens is 2. The minimum absolute atomic E-state index is 0.130. The monoisotopic (exact) mass is 734 g/mol. The summed E-state index contributed by atoms with van der Waals surface area (Å²) in [7, 11) is 1.83. The van der Waals surface area contributed by atoms with Crippen LogP contribution in [-0.4, -0.2) is 53.6 Å². The summed E-state index contributed by atoms with van der Waals surface area (Å²) in [6, 6.07) is 29.3. The first kappa shape index (κ1) is 38.6. The van der Waals surface area contributed by atoms with Crippen LogP contribution in [0, 0.1) is 0 Å². The van der Waals surface area contributed by atoms with E-state index in [2.05, 4.69) is 4.98 Å². The van der Waals surface area contributed by atoms with Gasteiger partial charge in [0.05, 0.1) is 53.2 Å². The van der Waals surface area contributed by atoms with Gasteiger partial charge in [-0.1, -0.05) is 46.9 Å². The molecule has 8 nitrogen and oxygen atoms in total. The predicted octanol–water partition coefficient (Wildman–Crippen LogP) is 9.05. The third kappa shape index (κ3) is 10.9. The number of nitrogens with zero attached hydrogens (tertiary/aromatic N) is 2. The first-order valence-electron chi connectivity index (χ1n) is 15.7. The molecule has 0 aliphatic rings. The molecule has 6 rings (SSSR count). The van der Waals surface area contributed by atoms with Gasteiger partial charge < -0.3 is 29.0 Å². The highest BCUT2D eigenvalue weighted by molar-refractivity contribution is 6.58. The van der Waals surface area contributed by atoms with Crippen molar-refractivity contribution in [1.82, 2.24) is 9.97 Å². The molecule has 2 heterocycles. The van der Waals surface area contributed by atoms with Crippen molar-refractivity contribution >= 4 is 69.2 Å². The van der Waals surface area contributed by atoms with E-state index in [0.717, 1.165) is 56.1 Å². The van der Waals surface area contributed by atoms with Crippen molar-refractivity contribution in [2.45, 2.75) is 39.9 Å². The van der Waals surface area contributed by atoms with Crippen LogP contribution < -0.4 is 24.4 Å². The molecule has 2 aromatic heterocycles. The molecule has 2 N–H and O–H groups in total. The van der Waals surface area contributed by atoms with Crippen molar-refractivity contribution in [3.63, 3.8) is 0 Å². The molecular weight excluding hydrogens is 698 g/mol. The normalized spacial score (nSPS) is 10.7. The minimum atomic E-state index is -1.41. The minimum Gasteiger partial charge on any atom is -0.497 e. The maximum Gasteiger partial charge on any atom is 0.488 e. The molecule has 0 fully saturated rings. The summed E-state index contributed by atoms with van der Waals surface area (Å²) in [6.07, 6.45) is 0.284. The number of hydrogen-bond acceptors (Lipinski definition) is 8. The van der Waals surface area contributed by atoms with E-state index < -0.39 is 7.12 Å². The third-order valence-electron chi connectivity index (χ3n) is 6.97. The summed E-state index contributed by atoms with van der Waals surface area (Å²) < 4.78 is 21.4. The van der Waals surface area contributed by atoms with Gasteiger partial charge in [-0.3, -0.25) is 0 Å². The summed E-state index contributed by atoms with van der Waals surface area (Å²) in [5.74, 6) is 3.08. The lowest BCUT2D eigenvalue weighted by molar-refractivity contribution is 0.242. The van der Waals surface area contributed by atoms with E-state index in [4.69, 9.17) is 68.8 Å². The van der Waals surface area contributed by atoms with Gasteiger partial charge in [-0.25, -0.2) is 9.97 Å². The van der Waals surface area contributed by atoms with Crippen molar-refractivity contribution in [2.75, 3.05) is 14.2 Å². The van der Waals surface area contributed by atoms with Crippen LogP contribution in [0.4, 0.5) is 0 Å². The molecule has 0 unspecified atom stereocenters. The highest BCUT2D eigenvalue weighted by atomic mass is 35.5. The molecule has 0 saturated heterocycles. The molecule has 12 heteroatoms. The number of pyridine rings is 2. The van der Waals surface area contributed by atoms with E-state index in [0.29, 0.717) is 20.7 Å². The Morgan fingerprint density at radius 1 is 0.560 bits per heavy atom. The van der Waals surface area contributed by atoms with Crippen LogP contribution in [0.25, 0.3) is 33.1 Å². The predicted molar refractivity (Wildman–Crippen MR) is 205 cm³/mol. The van der Waals surface area contributed by atoms with E-state index >= 15 is 0 Å². The van der Waals surface area contributed by atoms with Crippen LogP contribution in [-0.2, 0) is 0 Å². The van der Waals surface area contributed by atoms with Gasteiger partial charge in [0.15, 0.2) is 0 Å². The molecule has 0 amide bonds. The lowest BCUT2D eigenvalue weighted by Crippen LogP contribution is -2.29. The van der Waals surface area contributed by atoms with Crippen LogP contribution in [0.15, 0.2) is 97.1 Å². The van der Waals surface area contributed by atoms with Crippen molar-refractivity contribution in [1.29, 1.82) is 0 Å². The fourth-order valence-corrected chi connectivity index (χ4v) is 5.45. The van der Waals surface area contributed by atoms with Crippen LogP contribution in [0.3, 0.4) is 0 Å². The second-order valence-electron chi connectivity index (χ2n) is 11.5. The summed E-state index contributed by atoms with van der Waals surface area (Å²) in [4.78, 5) is 8.85. The van der Waals surface area contributed by atoms with Crippen LogP contribution in [0.5, 0.6) is 23.0 Å². The quantitative estimate of drug-likeness (QED) is 0.118. The second kappa shape index (κ2) is 18.1.